The van der Waals surface area contributed by atoms with Crippen LogP contribution in [0.15, 0.2) is 29.8 Å². The molecule has 0 spiro atoms. The molecule has 0 saturated heterocycles. The number of benzene rings is 1. The van der Waals surface area contributed by atoms with Crippen LogP contribution in [0, 0.1) is 5.92 Å². The largest absolute Gasteiger partial charge is 0.308 e. The highest BCUT2D eigenvalue weighted by Crippen LogP contribution is 2.40. The van der Waals surface area contributed by atoms with Gasteiger partial charge in [-0.1, -0.05) is 49.8 Å². The summed E-state index contributed by atoms with van der Waals surface area (Å²) in [5, 5.41) is 3.59. The normalized spacial score (nSPS) is 16.8. The van der Waals surface area contributed by atoms with Gasteiger partial charge in [0.1, 0.15) is 0 Å². The lowest BCUT2D eigenvalue weighted by Crippen LogP contribution is -2.37. The van der Waals surface area contributed by atoms with Gasteiger partial charge in [0, 0.05) is 12.1 Å². The zero-order valence-corrected chi connectivity index (χ0v) is 13.7. The van der Waals surface area contributed by atoms with Gasteiger partial charge in [0.25, 0.3) is 0 Å². The molecule has 0 atom stereocenters. The highest BCUT2D eigenvalue weighted by atomic mass is 14.9. The van der Waals surface area contributed by atoms with E-state index in [2.05, 4.69) is 70.3 Å². The van der Waals surface area contributed by atoms with Gasteiger partial charge in [-0.2, -0.15) is 0 Å². The SMILES string of the molecule is CC(C)/C(=C/c1ccc(C2CC2)cc1)CNC(C)(C)C. The Bertz CT molecular complexity index is 456. The second-order valence-electron chi connectivity index (χ2n) is 7.42. The van der Waals surface area contributed by atoms with Crippen molar-refractivity contribution in [3.63, 3.8) is 0 Å². The minimum atomic E-state index is 0.170. The summed E-state index contributed by atoms with van der Waals surface area (Å²) in [5.74, 6) is 1.42. The second-order valence-corrected chi connectivity index (χ2v) is 7.42. The van der Waals surface area contributed by atoms with E-state index in [1.807, 2.05) is 0 Å². The summed E-state index contributed by atoms with van der Waals surface area (Å²) >= 11 is 0. The van der Waals surface area contributed by atoms with Crippen molar-refractivity contribution in [3.8, 4) is 0 Å². The lowest BCUT2D eigenvalue weighted by Gasteiger charge is -2.23. The summed E-state index contributed by atoms with van der Waals surface area (Å²) in [6.45, 7) is 12.2. The fourth-order valence-electron chi connectivity index (χ4n) is 2.28. The van der Waals surface area contributed by atoms with E-state index in [1.54, 1.807) is 0 Å². The third-order valence-corrected chi connectivity index (χ3v) is 3.90. The topological polar surface area (TPSA) is 12.0 Å². The van der Waals surface area contributed by atoms with E-state index >= 15 is 0 Å². The quantitative estimate of drug-likeness (QED) is 0.795. The lowest BCUT2D eigenvalue weighted by molar-refractivity contribution is 0.437. The first kappa shape index (κ1) is 15.3. The third-order valence-electron chi connectivity index (χ3n) is 3.90. The maximum atomic E-state index is 3.59. The van der Waals surface area contributed by atoms with Gasteiger partial charge in [-0.15, -0.1) is 0 Å². The van der Waals surface area contributed by atoms with Crippen molar-refractivity contribution in [2.24, 2.45) is 5.92 Å². The number of rotatable bonds is 5. The molecule has 0 unspecified atom stereocenters. The highest BCUT2D eigenvalue weighted by molar-refractivity contribution is 5.54. The maximum absolute atomic E-state index is 3.59. The smallest absolute Gasteiger partial charge is 0.0175 e. The van der Waals surface area contributed by atoms with Crippen LogP contribution in [0.1, 0.15) is 64.5 Å². The van der Waals surface area contributed by atoms with Crippen LogP contribution in [-0.2, 0) is 0 Å². The molecule has 1 nitrogen and oxygen atoms in total. The van der Waals surface area contributed by atoms with Crippen molar-refractivity contribution < 1.29 is 0 Å². The zero-order chi connectivity index (χ0) is 14.8. The minimum Gasteiger partial charge on any atom is -0.308 e. The molecule has 1 N–H and O–H groups in total. The average Bonchev–Trinajstić information content (AvgIpc) is 3.18. The summed E-state index contributed by atoms with van der Waals surface area (Å²) in [6.07, 6.45) is 5.10. The summed E-state index contributed by atoms with van der Waals surface area (Å²) < 4.78 is 0. The van der Waals surface area contributed by atoms with E-state index in [0.29, 0.717) is 5.92 Å². The Hall–Kier alpha value is -1.08. The molecule has 2 rings (SSSR count). The molecule has 0 heterocycles. The Morgan fingerprint density at radius 3 is 2.25 bits per heavy atom. The van der Waals surface area contributed by atoms with Crippen molar-refractivity contribution in [1.82, 2.24) is 5.32 Å². The van der Waals surface area contributed by atoms with Gasteiger partial charge < -0.3 is 5.32 Å². The minimum absolute atomic E-state index is 0.170. The lowest BCUT2D eigenvalue weighted by atomic mass is 9.98. The molecule has 0 radical (unpaired) electrons. The van der Waals surface area contributed by atoms with Crippen LogP contribution >= 0.6 is 0 Å². The Morgan fingerprint density at radius 2 is 1.80 bits per heavy atom. The summed E-state index contributed by atoms with van der Waals surface area (Å²) in [7, 11) is 0. The van der Waals surface area contributed by atoms with E-state index in [4.69, 9.17) is 0 Å². The van der Waals surface area contributed by atoms with E-state index < -0.39 is 0 Å². The van der Waals surface area contributed by atoms with Crippen molar-refractivity contribution in [3.05, 3.63) is 41.0 Å². The zero-order valence-electron chi connectivity index (χ0n) is 13.7. The molecule has 1 aliphatic rings. The first-order chi connectivity index (χ1) is 9.35. The first-order valence-corrected chi connectivity index (χ1v) is 7.90. The monoisotopic (exact) mass is 271 g/mol. The van der Waals surface area contributed by atoms with Crippen LogP contribution in [0.2, 0.25) is 0 Å². The molecule has 1 aliphatic carbocycles. The standard InChI is InChI=1S/C19H29N/c1-14(2)18(13-20-19(3,4)5)12-15-6-8-16(9-7-15)17-10-11-17/h6-9,12,14,17,20H,10-11,13H2,1-5H3/b18-12+. The predicted octanol–water partition coefficient (Wildman–Crippen LogP) is 4.99. The van der Waals surface area contributed by atoms with Gasteiger partial charge in [0.15, 0.2) is 0 Å². The molecular formula is C19H29N. The molecule has 0 aliphatic heterocycles. The number of hydrogen-bond donors (Lipinski definition) is 1. The van der Waals surface area contributed by atoms with Crippen molar-refractivity contribution >= 4 is 6.08 Å². The van der Waals surface area contributed by atoms with E-state index in [-0.39, 0.29) is 5.54 Å². The van der Waals surface area contributed by atoms with E-state index in [9.17, 15) is 0 Å². The predicted molar refractivity (Wildman–Crippen MR) is 89.0 cm³/mol. The van der Waals surface area contributed by atoms with Gasteiger partial charge in [-0.05, 0) is 56.6 Å². The molecule has 1 fully saturated rings. The van der Waals surface area contributed by atoms with Gasteiger partial charge >= 0.3 is 0 Å². The molecule has 20 heavy (non-hydrogen) atoms. The van der Waals surface area contributed by atoms with Gasteiger partial charge in [-0.3, -0.25) is 0 Å². The Morgan fingerprint density at radius 1 is 1.20 bits per heavy atom. The number of nitrogens with one attached hydrogen (secondary N) is 1. The molecule has 1 aromatic carbocycles. The highest BCUT2D eigenvalue weighted by Gasteiger charge is 2.22. The Labute approximate surface area is 124 Å². The summed E-state index contributed by atoms with van der Waals surface area (Å²) in [5.41, 5.74) is 4.48. The Balaban J connectivity index is 2.06. The Kier molecular flexibility index (Phi) is 4.70. The molecule has 1 aromatic rings. The molecule has 110 valence electrons. The number of hydrogen-bond acceptors (Lipinski definition) is 1. The van der Waals surface area contributed by atoms with Crippen LogP contribution in [0.5, 0.6) is 0 Å². The molecular weight excluding hydrogens is 242 g/mol. The average molecular weight is 271 g/mol. The van der Waals surface area contributed by atoms with Gasteiger partial charge in [0.05, 0.1) is 0 Å². The second kappa shape index (κ2) is 6.13. The summed E-state index contributed by atoms with van der Waals surface area (Å²) in [4.78, 5) is 0. The van der Waals surface area contributed by atoms with Crippen LogP contribution in [-0.4, -0.2) is 12.1 Å². The molecule has 1 heteroatoms. The van der Waals surface area contributed by atoms with Crippen LogP contribution in [0.25, 0.3) is 6.08 Å². The van der Waals surface area contributed by atoms with Crippen LogP contribution < -0.4 is 5.32 Å². The van der Waals surface area contributed by atoms with E-state index in [0.717, 1.165) is 12.5 Å². The molecule has 0 bridgehead atoms. The van der Waals surface area contributed by atoms with Gasteiger partial charge in [0.2, 0.25) is 0 Å². The van der Waals surface area contributed by atoms with Crippen molar-refractivity contribution in [1.29, 1.82) is 0 Å². The fraction of sp³-hybridized carbons (Fsp3) is 0.579. The molecule has 1 saturated carbocycles. The van der Waals surface area contributed by atoms with Crippen LogP contribution in [0.3, 0.4) is 0 Å². The fourth-order valence-corrected chi connectivity index (χ4v) is 2.28. The first-order valence-electron chi connectivity index (χ1n) is 7.90. The van der Waals surface area contributed by atoms with Crippen molar-refractivity contribution in [2.75, 3.05) is 6.54 Å². The van der Waals surface area contributed by atoms with Crippen LogP contribution in [0.4, 0.5) is 0 Å². The van der Waals surface area contributed by atoms with Gasteiger partial charge in [-0.25, -0.2) is 0 Å². The summed E-state index contributed by atoms with van der Waals surface area (Å²) in [6, 6.07) is 9.15. The van der Waals surface area contributed by atoms with E-state index in [1.165, 1.54) is 29.5 Å². The maximum Gasteiger partial charge on any atom is 0.0175 e. The molecule has 0 aromatic heterocycles. The molecule has 0 amide bonds. The third kappa shape index (κ3) is 4.79. The van der Waals surface area contributed by atoms with Crippen molar-refractivity contribution in [2.45, 2.75) is 58.9 Å².